The fourth-order valence-corrected chi connectivity index (χ4v) is 7.31. The second-order valence-electron chi connectivity index (χ2n) is 19.0. The SMILES string of the molecule is CC[C@H](C)[C@H](NC(=O)[C@@H]1CCCN1C)C(=O)N[C@H](C(=O)N[C@@H](CO)C(=O)N[C@H](C(=O)N[C@@H](CCC(N)=O)C(=O)N[C@H](C(=O)N[C@@H](C)C(=O)N[C@@H](CC(C)C)C(=O)N[C@@H](C)C(=O)O)[C@@H](C)O)[C@@H](C)O)C(C)C. The summed E-state index contributed by atoms with van der Waals surface area (Å²) in [6, 6.07) is -13.8. The Bertz CT molecular complexity index is 1880. The van der Waals surface area contributed by atoms with E-state index in [4.69, 9.17) is 5.73 Å². The Morgan fingerprint density at radius 2 is 1.03 bits per heavy atom. The summed E-state index contributed by atoms with van der Waals surface area (Å²) < 4.78 is 0. The molecule has 26 heteroatoms. The summed E-state index contributed by atoms with van der Waals surface area (Å²) in [5.74, 6) is -11.6. The molecule has 0 saturated carbocycles. The number of carboxylic acids is 1. The normalized spacial score (nSPS) is 18.8. The summed E-state index contributed by atoms with van der Waals surface area (Å²) in [6.07, 6.45) is -2.35. The number of nitrogens with zero attached hydrogens (tertiary/aromatic N) is 1. The van der Waals surface area contributed by atoms with Crippen LogP contribution in [0.15, 0.2) is 0 Å². The summed E-state index contributed by atoms with van der Waals surface area (Å²) in [6.45, 7) is 14.7. The van der Waals surface area contributed by atoms with Gasteiger partial charge in [0.1, 0.15) is 54.4 Å². The zero-order valence-corrected chi connectivity index (χ0v) is 42.6. The fraction of sp³-hybridized carbons (Fsp3) is 0.756. The van der Waals surface area contributed by atoms with Gasteiger partial charge < -0.3 is 74.0 Å². The van der Waals surface area contributed by atoms with E-state index in [9.17, 15) is 73.2 Å². The first-order chi connectivity index (χ1) is 33.0. The number of carbonyl (C=O) groups is 11. The minimum atomic E-state index is -1.89. The number of carboxylic acid groups (broad SMARTS) is 1. The minimum absolute atomic E-state index is 0.0921. The summed E-state index contributed by atoms with van der Waals surface area (Å²) in [4.78, 5) is 146. The smallest absolute Gasteiger partial charge is 0.325 e. The van der Waals surface area contributed by atoms with Gasteiger partial charge in [0.25, 0.3) is 0 Å². The van der Waals surface area contributed by atoms with Crippen LogP contribution in [0.3, 0.4) is 0 Å². The Hall–Kier alpha value is -5.99. The van der Waals surface area contributed by atoms with Gasteiger partial charge in [-0.15, -0.1) is 0 Å². The van der Waals surface area contributed by atoms with E-state index >= 15 is 0 Å². The molecule has 0 radical (unpaired) electrons. The van der Waals surface area contributed by atoms with Gasteiger partial charge in [0, 0.05) is 6.42 Å². The molecule has 0 unspecified atom stereocenters. The molecule has 404 valence electrons. The molecule has 0 bridgehead atoms. The number of aliphatic hydroxyl groups is 3. The predicted octanol–water partition coefficient (Wildman–Crippen LogP) is -4.66. The topological polar surface area (TPSA) is 406 Å². The number of rotatable bonds is 30. The monoisotopic (exact) mass is 1010 g/mol. The van der Waals surface area contributed by atoms with Gasteiger partial charge >= 0.3 is 5.97 Å². The second-order valence-corrected chi connectivity index (χ2v) is 19.0. The second kappa shape index (κ2) is 30.0. The van der Waals surface area contributed by atoms with Crippen LogP contribution in [0.1, 0.15) is 108 Å². The number of primary amides is 1. The van der Waals surface area contributed by atoms with Gasteiger partial charge in [-0.1, -0.05) is 48.0 Å². The molecule has 10 amide bonds. The lowest BCUT2D eigenvalue weighted by Gasteiger charge is -2.30. The van der Waals surface area contributed by atoms with Crippen molar-refractivity contribution in [3.63, 3.8) is 0 Å². The van der Waals surface area contributed by atoms with E-state index in [1.165, 1.54) is 13.8 Å². The maximum atomic E-state index is 13.7. The number of likely N-dealkylation sites (N-methyl/N-ethyl adjacent to an activating group) is 1. The molecule has 1 fully saturated rings. The maximum absolute atomic E-state index is 13.7. The highest BCUT2D eigenvalue weighted by Gasteiger charge is 2.38. The molecule has 1 saturated heterocycles. The number of nitrogens with one attached hydrogen (secondary N) is 9. The Balaban J connectivity index is 3.22. The van der Waals surface area contributed by atoms with Crippen molar-refractivity contribution < 1.29 is 73.2 Å². The average Bonchev–Trinajstić information content (AvgIpc) is 3.72. The van der Waals surface area contributed by atoms with Crippen molar-refractivity contribution in [2.75, 3.05) is 20.2 Å². The molecule has 0 aromatic heterocycles. The zero-order chi connectivity index (χ0) is 54.6. The lowest BCUT2D eigenvalue weighted by atomic mass is 9.96. The molecule has 1 aliphatic rings. The summed E-state index contributed by atoms with van der Waals surface area (Å²) >= 11 is 0. The van der Waals surface area contributed by atoms with Crippen LogP contribution in [0.25, 0.3) is 0 Å². The van der Waals surface area contributed by atoms with Crippen molar-refractivity contribution in [3.8, 4) is 0 Å². The highest BCUT2D eigenvalue weighted by atomic mass is 16.4. The highest BCUT2D eigenvalue weighted by molar-refractivity contribution is 5.99. The number of nitrogens with two attached hydrogens (primary N) is 1. The molecule has 1 rings (SSSR count). The molecule has 0 aromatic carbocycles. The zero-order valence-electron chi connectivity index (χ0n) is 42.6. The third kappa shape index (κ3) is 20.7. The van der Waals surface area contributed by atoms with Crippen LogP contribution in [0.2, 0.25) is 0 Å². The summed E-state index contributed by atoms with van der Waals surface area (Å²) in [7, 11) is 1.81. The minimum Gasteiger partial charge on any atom is -0.480 e. The van der Waals surface area contributed by atoms with Gasteiger partial charge in [-0.05, 0) is 84.7 Å². The number of aliphatic carboxylic acids is 1. The molecule has 0 aliphatic carbocycles. The van der Waals surface area contributed by atoms with Gasteiger partial charge in [-0.2, -0.15) is 0 Å². The van der Waals surface area contributed by atoms with Crippen molar-refractivity contribution in [2.24, 2.45) is 23.5 Å². The van der Waals surface area contributed by atoms with Crippen LogP contribution in [-0.2, 0) is 52.7 Å². The molecule has 1 aliphatic heterocycles. The Morgan fingerprint density at radius 1 is 0.577 bits per heavy atom. The molecule has 1 heterocycles. The summed E-state index contributed by atoms with van der Waals surface area (Å²) in [5, 5.41) is 62.1. The van der Waals surface area contributed by atoms with E-state index in [-0.39, 0.29) is 24.2 Å². The lowest BCUT2D eigenvalue weighted by molar-refractivity contribution is -0.142. The molecule has 26 nitrogen and oxygen atoms in total. The number of carbonyl (C=O) groups excluding carboxylic acids is 10. The first-order valence-corrected chi connectivity index (χ1v) is 23.9. The van der Waals surface area contributed by atoms with Crippen LogP contribution in [0, 0.1) is 17.8 Å². The third-order valence-corrected chi connectivity index (χ3v) is 11.9. The van der Waals surface area contributed by atoms with Gasteiger partial charge in [-0.3, -0.25) is 57.6 Å². The van der Waals surface area contributed by atoms with Crippen molar-refractivity contribution in [1.82, 2.24) is 52.8 Å². The number of likely N-dealkylation sites (tertiary alicyclic amines) is 1. The Kier molecular flexibility index (Phi) is 26.6. The lowest BCUT2D eigenvalue weighted by Crippen LogP contribution is -2.63. The van der Waals surface area contributed by atoms with E-state index in [0.29, 0.717) is 12.8 Å². The summed E-state index contributed by atoms with van der Waals surface area (Å²) in [5.41, 5.74) is 5.31. The van der Waals surface area contributed by atoms with Crippen LogP contribution >= 0.6 is 0 Å². The standard InChI is InChI=1S/C45H79N11O15/c1-12-22(6)33(53-40(65)30-14-13-17-56(30)11)42(67)52-32(21(4)5)41(66)51-29(19-57)39(64)55-35(26(10)59)44(69)49-27(15-16-31(46)60)37(62)54-34(25(9)58)43(68)47-23(7)36(61)50-28(18-20(2)3)38(63)48-24(8)45(70)71/h20-30,32-35,57-59H,12-19H2,1-11H3,(H2,46,60)(H,47,68)(H,48,63)(H,49,69)(H,50,61)(H,51,66)(H,52,67)(H,53,65)(H,54,62)(H,55,64)(H,70,71)/t22-,23-,24-,25+,26+,27-,28-,29-,30-,32-,33-,34-,35-/m0/s1. The quantitative estimate of drug-likeness (QED) is 0.0322. The molecule has 0 spiro atoms. The van der Waals surface area contributed by atoms with E-state index in [0.717, 1.165) is 26.8 Å². The number of aliphatic hydroxyl groups excluding tert-OH is 3. The Morgan fingerprint density at radius 3 is 1.48 bits per heavy atom. The molecule has 15 N–H and O–H groups in total. The van der Waals surface area contributed by atoms with E-state index < -0.39 is 157 Å². The first-order valence-electron chi connectivity index (χ1n) is 23.9. The van der Waals surface area contributed by atoms with Crippen LogP contribution in [0.5, 0.6) is 0 Å². The van der Waals surface area contributed by atoms with Gasteiger partial charge in [-0.25, -0.2) is 0 Å². The third-order valence-electron chi connectivity index (χ3n) is 11.9. The van der Waals surface area contributed by atoms with Crippen LogP contribution < -0.4 is 53.6 Å². The van der Waals surface area contributed by atoms with Crippen molar-refractivity contribution >= 4 is 65.0 Å². The maximum Gasteiger partial charge on any atom is 0.325 e. The highest BCUT2D eigenvalue weighted by Crippen LogP contribution is 2.17. The number of hydrogen-bond acceptors (Lipinski definition) is 15. The molecular weight excluding hydrogens is 935 g/mol. The number of amides is 10. The van der Waals surface area contributed by atoms with Crippen molar-refractivity contribution in [2.45, 2.75) is 180 Å². The first kappa shape index (κ1) is 63.0. The Labute approximate surface area is 414 Å². The van der Waals surface area contributed by atoms with Gasteiger partial charge in [0.15, 0.2) is 0 Å². The van der Waals surface area contributed by atoms with Gasteiger partial charge in [0.2, 0.25) is 59.1 Å². The van der Waals surface area contributed by atoms with Crippen molar-refractivity contribution in [3.05, 3.63) is 0 Å². The molecule has 71 heavy (non-hydrogen) atoms. The molecule has 0 aromatic rings. The largest absolute Gasteiger partial charge is 0.480 e. The molecular formula is C45H79N11O15. The molecule has 13 atom stereocenters. The van der Waals surface area contributed by atoms with E-state index in [2.05, 4.69) is 47.9 Å². The van der Waals surface area contributed by atoms with Crippen molar-refractivity contribution in [1.29, 1.82) is 0 Å². The fourth-order valence-electron chi connectivity index (χ4n) is 7.31. The van der Waals surface area contributed by atoms with Gasteiger partial charge in [0.05, 0.1) is 24.9 Å². The number of hydrogen-bond donors (Lipinski definition) is 14. The average molecular weight is 1010 g/mol. The van der Waals surface area contributed by atoms with Crippen LogP contribution in [0.4, 0.5) is 0 Å². The van der Waals surface area contributed by atoms with E-state index in [1.54, 1.807) is 34.6 Å². The van der Waals surface area contributed by atoms with E-state index in [1.807, 2.05) is 18.9 Å². The predicted molar refractivity (Wildman–Crippen MR) is 255 cm³/mol. The van der Waals surface area contributed by atoms with Crippen LogP contribution in [-0.4, -0.2) is 183 Å².